The molecule has 3 N–H and O–H groups in total. The fourth-order valence-electron chi connectivity index (χ4n) is 4.46. The minimum absolute atomic E-state index is 0.527. The highest BCUT2D eigenvalue weighted by atomic mass is 16.5. The first kappa shape index (κ1) is 19.4. The number of amides is 1. The first-order chi connectivity index (χ1) is 14.1. The van der Waals surface area contributed by atoms with Crippen LogP contribution in [0.2, 0.25) is 0 Å². The molecule has 0 bridgehead atoms. The van der Waals surface area contributed by atoms with Crippen molar-refractivity contribution >= 4 is 22.9 Å². The standard InChI is InChI=1S/C24H27N3O2/c1-17-24(21-6-2-3-7-22(21)25-17)20-5-4-14-27(16-20)15-19-10-8-18(9-11-19)12-13-23(28)26-29/h2-3,6-13,20,25,29H,4-5,14-16H2,1H3,(H,26,28)/t20-/m0/s1. The summed E-state index contributed by atoms with van der Waals surface area (Å²) in [5, 5.41) is 9.91. The van der Waals surface area contributed by atoms with E-state index in [0.717, 1.165) is 25.2 Å². The predicted molar refractivity (Wildman–Crippen MR) is 116 cm³/mol. The molecule has 0 aliphatic carbocycles. The molecule has 2 aromatic carbocycles. The summed E-state index contributed by atoms with van der Waals surface area (Å²) < 4.78 is 0. The van der Waals surface area contributed by atoms with Crippen LogP contribution in [0.3, 0.4) is 0 Å². The number of H-pyrrole nitrogens is 1. The third-order valence-corrected chi connectivity index (χ3v) is 5.78. The number of carbonyl (C=O) groups is 1. The van der Waals surface area contributed by atoms with Gasteiger partial charge in [-0.2, -0.15) is 0 Å². The Bertz CT molecular complexity index is 1020. The summed E-state index contributed by atoms with van der Waals surface area (Å²) in [7, 11) is 0. The van der Waals surface area contributed by atoms with Gasteiger partial charge in [0.2, 0.25) is 0 Å². The Morgan fingerprint density at radius 1 is 1.24 bits per heavy atom. The first-order valence-corrected chi connectivity index (χ1v) is 10.1. The number of hydrogen-bond acceptors (Lipinski definition) is 3. The Hall–Kier alpha value is -2.89. The van der Waals surface area contributed by atoms with Crippen LogP contribution in [0.25, 0.3) is 17.0 Å². The van der Waals surface area contributed by atoms with Crippen molar-refractivity contribution < 1.29 is 10.0 Å². The Morgan fingerprint density at radius 3 is 2.83 bits per heavy atom. The van der Waals surface area contributed by atoms with E-state index in [-0.39, 0.29) is 0 Å². The molecule has 5 nitrogen and oxygen atoms in total. The molecule has 1 amide bonds. The van der Waals surface area contributed by atoms with Gasteiger partial charge >= 0.3 is 0 Å². The largest absolute Gasteiger partial charge is 0.358 e. The molecule has 1 saturated heterocycles. The number of piperidine rings is 1. The van der Waals surface area contributed by atoms with Gasteiger partial charge in [-0.3, -0.25) is 14.9 Å². The van der Waals surface area contributed by atoms with Gasteiger partial charge in [-0.1, -0.05) is 42.5 Å². The normalized spacial score (nSPS) is 17.8. The molecule has 2 heterocycles. The van der Waals surface area contributed by atoms with Crippen LogP contribution >= 0.6 is 0 Å². The number of carbonyl (C=O) groups excluding carboxylic acids is 1. The number of aromatic nitrogens is 1. The van der Waals surface area contributed by atoms with E-state index in [0.29, 0.717) is 5.92 Å². The Kier molecular flexibility index (Phi) is 5.79. The van der Waals surface area contributed by atoms with Gasteiger partial charge < -0.3 is 4.98 Å². The lowest BCUT2D eigenvalue weighted by atomic mass is 9.88. The summed E-state index contributed by atoms with van der Waals surface area (Å²) in [6.45, 7) is 5.31. The van der Waals surface area contributed by atoms with Gasteiger partial charge in [0, 0.05) is 35.8 Å². The predicted octanol–water partition coefficient (Wildman–Crippen LogP) is 4.37. The van der Waals surface area contributed by atoms with Crippen molar-refractivity contribution in [3.63, 3.8) is 0 Å². The molecule has 0 radical (unpaired) electrons. The Balaban J connectivity index is 1.44. The second-order valence-electron chi connectivity index (χ2n) is 7.83. The van der Waals surface area contributed by atoms with E-state index in [9.17, 15) is 4.79 Å². The molecule has 3 aromatic rings. The lowest BCUT2D eigenvalue weighted by Gasteiger charge is -2.33. The maximum absolute atomic E-state index is 11.1. The lowest BCUT2D eigenvalue weighted by Crippen LogP contribution is -2.34. The molecule has 150 valence electrons. The maximum Gasteiger partial charge on any atom is 0.267 e. The third-order valence-electron chi connectivity index (χ3n) is 5.78. The van der Waals surface area contributed by atoms with Gasteiger partial charge in [-0.05, 0) is 61.1 Å². The number of nitrogens with one attached hydrogen (secondary N) is 2. The van der Waals surface area contributed by atoms with Gasteiger partial charge in [0.15, 0.2) is 0 Å². The molecule has 29 heavy (non-hydrogen) atoms. The van der Waals surface area contributed by atoms with Crippen LogP contribution in [0.1, 0.15) is 41.1 Å². The molecule has 1 aliphatic heterocycles. The SMILES string of the molecule is Cc1[nH]c2ccccc2c1[C@H]1CCCN(Cc2ccc(C=CC(=O)NO)cc2)C1. The molecule has 0 saturated carbocycles. The number of para-hydroxylation sites is 1. The van der Waals surface area contributed by atoms with Crippen molar-refractivity contribution in [3.05, 3.63) is 77.0 Å². The van der Waals surface area contributed by atoms with Crippen LogP contribution in [0, 0.1) is 6.92 Å². The van der Waals surface area contributed by atoms with Crippen molar-refractivity contribution in [1.29, 1.82) is 0 Å². The third kappa shape index (κ3) is 4.42. The van der Waals surface area contributed by atoms with E-state index in [2.05, 4.69) is 53.2 Å². The number of hydroxylamine groups is 1. The van der Waals surface area contributed by atoms with Gasteiger partial charge in [0.25, 0.3) is 5.91 Å². The quantitative estimate of drug-likeness (QED) is 0.345. The maximum atomic E-state index is 11.1. The van der Waals surface area contributed by atoms with Gasteiger partial charge in [-0.15, -0.1) is 0 Å². The first-order valence-electron chi connectivity index (χ1n) is 10.1. The molecular weight excluding hydrogens is 362 g/mol. The van der Waals surface area contributed by atoms with E-state index in [4.69, 9.17) is 5.21 Å². The Morgan fingerprint density at radius 2 is 2.03 bits per heavy atom. The van der Waals surface area contributed by atoms with Crippen molar-refractivity contribution in [3.8, 4) is 0 Å². The number of fused-ring (bicyclic) bond motifs is 1. The number of rotatable bonds is 5. The van der Waals surface area contributed by atoms with Crippen molar-refractivity contribution in [2.75, 3.05) is 13.1 Å². The highest BCUT2D eigenvalue weighted by molar-refractivity contribution is 5.90. The molecule has 0 unspecified atom stereocenters. The van der Waals surface area contributed by atoms with Crippen LogP contribution < -0.4 is 5.48 Å². The highest BCUT2D eigenvalue weighted by Gasteiger charge is 2.25. The summed E-state index contributed by atoms with van der Waals surface area (Å²) in [6, 6.07) is 16.8. The molecule has 1 atom stereocenters. The van der Waals surface area contributed by atoms with Gasteiger partial charge in [-0.25, -0.2) is 5.48 Å². The molecule has 1 aliphatic rings. The summed E-state index contributed by atoms with van der Waals surface area (Å²) in [5.74, 6) is 0.0279. The molecule has 5 heteroatoms. The lowest BCUT2D eigenvalue weighted by molar-refractivity contribution is -0.124. The van der Waals surface area contributed by atoms with Crippen molar-refractivity contribution in [1.82, 2.24) is 15.4 Å². The molecular formula is C24H27N3O2. The number of benzene rings is 2. The van der Waals surface area contributed by atoms with Crippen molar-refractivity contribution in [2.45, 2.75) is 32.2 Å². The second kappa shape index (κ2) is 8.64. The van der Waals surface area contributed by atoms with Gasteiger partial charge in [0.05, 0.1) is 0 Å². The second-order valence-corrected chi connectivity index (χ2v) is 7.83. The zero-order valence-electron chi connectivity index (χ0n) is 16.7. The number of aromatic amines is 1. The highest BCUT2D eigenvalue weighted by Crippen LogP contribution is 2.35. The molecule has 0 spiro atoms. The summed E-state index contributed by atoms with van der Waals surface area (Å²) in [6.07, 6.45) is 5.44. The molecule has 4 rings (SSSR count). The number of likely N-dealkylation sites (tertiary alicyclic amines) is 1. The van der Waals surface area contributed by atoms with Crippen LogP contribution in [0.15, 0.2) is 54.6 Å². The van der Waals surface area contributed by atoms with Crippen molar-refractivity contribution in [2.24, 2.45) is 0 Å². The van der Waals surface area contributed by atoms with E-state index in [1.54, 1.807) is 11.6 Å². The number of nitrogens with zero attached hydrogens (tertiary/aromatic N) is 1. The Labute approximate surface area is 171 Å². The van der Waals surface area contributed by atoms with Crippen LogP contribution in [0.4, 0.5) is 0 Å². The van der Waals surface area contributed by atoms with E-state index in [1.807, 2.05) is 12.1 Å². The summed E-state index contributed by atoms with van der Waals surface area (Å²) in [5.41, 5.74) is 7.80. The van der Waals surface area contributed by atoms with Crippen LogP contribution in [-0.4, -0.2) is 34.1 Å². The van der Waals surface area contributed by atoms with E-state index in [1.165, 1.54) is 46.6 Å². The van der Waals surface area contributed by atoms with Gasteiger partial charge in [0.1, 0.15) is 0 Å². The average molecular weight is 389 g/mol. The minimum Gasteiger partial charge on any atom is -0.358 e. The fraction of sp³-hybridized carbons (Fsp3) is 0.292. The monoisotopic (exact) mass is 389 g/mol. The number of aryl methyl sites for hydroxylation is 1. The number of hydrogen-bond donors (Lipinski definition) is 3. The van der Waals surface area contributed by atoms with E-state index >= 15 is 0 Å². The summed E-state index contributed by atoms with van der Waals surface area (Å²) >= 11 is 0. The van der Waals surface area contributed by atoms with Crippen LogP contribution in [0.5, 0.6) is 0 Å². The molecule has 1 aromatic heterocycles. The average Bonchev–Trinajstić information content (AvgIpc) is 3.09. The zero-order valence-corrected chi connectivity index (χ0v) is 16.7. The van der Waals surface area contributed by atoms with E-state index < -0.39 is 5.91 Å². The molecule has 1 fully saturated rings. The fourth-order valence-corrected chi connectivity index (χ4v) is 4.46. The smallest absolute Gasteiger partial charge is 0.267 e. The topological polar surface area (TPSA) is 68.4 Å². The zero-order chi connectivity index (χ0) is 20.2. The minimum atomic E-state index is -0.527. The summed E-state index contributed by atoms with van der Waals surface area (Å²) in [4.78, 5) is 17.2. The van der Waals surface area contributed by atoms with Crippen LogP contribution in [-0.2, 0) is 11.3 Å².